The Kier molecular flexibility index (Phi) is 12.0. The minimum Gasteiger partial charge on any atom is -0.352 e. The number of amides is 2. The first-order valence-corrected chi connectivity index (χ1v) is 16.5. The largest absolute Gasteiger partial charge is 0.352 e. The van der Waals surface area contributed by atoms with Crippen LogP contribution in [0.4, 0.5) is 5.69 Å². The van der Waals surface area contributed by atoms with Crippen LogP contribution in [0.15, 0.2) is 83.3 Å². The van der Waals surface area contributed by atoms with Crippen LogP contribution in [0.1, 0.15) is 49.8 Å². The van der Waals surface area contributed by atoms with Crippen LogP contribution in [0.2, 0.25) is 0 Å². The van der Waals surface area contributed by atoms with E-state index in [2.05, 4.69) is 21.2 Å². The smallest absolute Gasteiger partial charge is 0.243 e. The predicted molar refractivity (Wildman–Crippen MR) is 169 cm³/mol. The number of sulfonamides is 1. The normalized spacial score (nSPS) is 12.8. The molecule has 2 amide bonds. The first-order chi connectivity index (χ1) is 19.5. The average molecular weight is 643 g/mol. The SMILES string of the molecule is CC[C@@H](C)NC(=O)[C@@H](Cc1ccccc1)N(Cc1cccc(Br)c1)C(=O)CCCN(c1ccc(C)cc1)S(C)(=O)=O. The van der Waals surface area contributed by atoms with Crippen molar-refractivity contribution in [1.82, 2.24) is 10.2 Å². The summed E-state index contributed by atoms with van der Waals surface area (Å²) in [5.74, 6) is -0.411. The van der Waals surface area contributed by atoms with Crippen molar-refractivity contribution in [1.29, 1.82) is 0 Å². The minimum atomic E-state index is -3.55. The molecule has 41 heavy (non-hydrogen) atoms. The molecule has 7 nitrogen and oxygen atoms in total. The number of hydrogen-bond donors (Lipinski definition) is 1. The Balaban J connectivity index is 1.89. The second kappa shape index (κ2) is 15.2. The van der Waals surface area contributed by atoms with Gasteiger partial charge in [-0.05, 0) is 62.1 Å². The fraction of sp³-hybridized carbons (Fsp3) is 0.375. The van der Waals surface area contributed by atoms with E-state index in [1.165, 1.54) is 10.6 Å². The van der Waals surface area contributed by atoms with Crippen LogP contribution >= 0.6 is 15.9 Å². The Labute approximate surface area is 253 Å². The Morgan fingerprint density at radius 3 is 2.22 bits per heavy atom. The molecule has 0 heterocycles. The van der Waals surface area contributed by atoms with Crippen molar-refractivity contribution in [3.8, 4) is 0 Å². The molecule has 0 bridgehead atoms. The van der Waals surface area contributed by atoms with E-state index in [0.717, 1.165) is 27.6 Å². The first kappa shape index (κ1) is 32.3. The van der Waals surface area contributed by atoms with Gasteiger partial charge in [0, 0.05) is 36.4 Å². The molecule has 0 aliphatic carbocycles. The summed E-state index contributed by atoms with van der Waals surface area (Å²) in [5, 5.41) is 3.07. The molecule has 0 saturated carbocycles. The van der Waals surface area contributed by atoms with Gasteiger partial charge in [-0.25, -0.2) is 8.42 Å². The van der Waals surface area contributed by atoms with Crippen LogP contribution in [-0.4, -0.2) is 50.0 Å². The van der Waals surface area contributed by atoms with Crippen LogP contribution in [0.3, 0.4) is 0 Å². The van der Waals surface area contributed by atoms with Gasteiger partial charge in [0.2, 0.25) is 21.8 Å². The van der Waals surface area contributed by atoms with E-state index in [-0.39, 0.29) is 37.4 Å². The zero-order valence-corrected chi connectivity index (χ0v) is 26.6. The zero-order chi connectivity index (χ0) is 30.0. The van der Waals surface area contributed by atoms with Crippen LogP contribution in [0.5, 0.6) is 0 Å². The second-order valence-electron chi connectivity index (χ2n) is 10.4. The molecular weight excluding hydrogens is 602 g/mol. The van der Waals surface area contributed by atoms with E-state index in [1.54, 1.807) is 17.0 Å². The molecule has 0 unspecified atom stereocenters. The summed E-state index contributed by atoms with van der Waals surface area (Å²) < 4.78 is 27.4. The maximum atomic E-state index is 13.9. The van der Waals surface area contributed by atoms with E-state index >= 15 is 0 Å². The van der Waals surface area contributed by atoms with Crippen molar-refractivity contribution < 1.29 is 18.0 Å². The standard InChI is InChI=1S/C32H40BrN3O4S/c1-5-25(3)34-32(38)30(22-26-11-7-6-8-12-26)35(23-27-13-9-14-28(33)21-27)31(37)15-10-20-36(41(4,39)40)29-18-16-24(2)17-19-29/h6-9,11-14,16-19,21,25,30H,5,10,15,20,22-23H2,1-4H3,(H,34,38)/t25-,30-/m1/s1. The van der Waals surface area contributed by atoms with Crippen LogP contribution in [0, 0.1) is 6.92 Å². The van der Waals surface area contributed by atoms with Crippen molar-refractivity contribution in [2.75, 3.05) is 17.1 Å². The molecule has 0 fully saturated rings. The number of rotatable bonds is 14. The lowest BCUT2D eigenvalue weighted by atomic mass is 10.0. The fourth-order valence-electron chi connectivity index (χ4n) is 4.54. The number of benzene rings is 3. The number of aryl methyl sites for hydroxylation is 1. The van der Waals surface area contributed by atoms with Gasteiger partial charge in [-0.3, -0.25) is 13.9 Å². The summed E-state index contributed by atoms with van der Waals surface area (Å²) in [5.41, 5.74) is 3.43. The Morgan fingerprint density at radius 2 is 1.61 bits per heavy atom. The summed E-state index contributed by atoms with van der Waals surface area (Å²) >= 11 is 3.51. The number of nitrogens with one attached hydrogen (secondary N) is 1. The third kappa shape index (κ3) is 10.0. The maximum absolute atomic E-state index is 13.9. The molecule has 0 aliphatic rings. The fourth-order valence-corrected chi connectivity index (χ4v) is 5.95. The summed E-state index contributed by atoms with van der Waals surface area (Å²) in [4.78, 5) is 29.2. The molecule has 9 heteroatoms. The quantitative estimate of drug-likeness (QED) is 0.239. The number of carbonyl (C=O) groups excluding carboxylic acids is 2. The highest BCUT2D eigenvalue weighted by Crippen LogP contribution is 2.21. The number of nitrogens with zero attached hydrogens (tertiary/aromatic N) is 2. The Morgan fingerprint density at radius 1 is 0.951 bits per heavy atom. The molecule has 0 radical (unpaired) electrons. The Hall–Kier alpha value is -3.17. The summed E-state index contributed by atoms with van der Waals surface area (Å²) in [6, 6.07) is 23.9. The van der Waals surface area contributed by atoms with Gasteiger partial charge in [-0.2, -0.15) is 0 Å². The van der Waals surface area contributed by atoms with Crippen molar-refractivity contribution in [3.63, 3.8) is 0 Å². The second-order valence-corrected chi connectivity index (χ2v) is 13.3. The lowest BCUT2D eigenvalue weighted by molar-refractivity contribution is -0.141. The molecule has 1 N–H and O–H groups in total. The number of hydrogen-bond acceptors (Lipinski definition) is 4. The Bertz CT molecular complexity index is 1400. The maximum Gasteiger partial charge on any atom is 0.243 e. The molecule has 3 aromatic carbocycles. The van der Waals surface area contributed by atoms with Crippen LogP contribution in [0.25, 0.3) is 0 Å². The van der Waals surface area contributed by atoms with Crippen molar-refractivity contribution in [2.45, 2.75) is 65.1 Å². The lowest BCUT2D eigenvalue weighted by Gasteiger charge is -2.32. The molecule has 220 valence electrons. The topological polar surface area (TPSA) is 86.8 Å². The summed E-state index contributed by atoms with van der Waals surface area (Å²) in [6.07, 6.45) is 2.70. The highest BCUT2D eigenvalue weighted by Gasteiger charge is 2.31. The molecule has 3 rings (SSSR count). The number of anilines is 1. The third-order valence-electron chi connectivity index (χ3n) is 6.99. The van der Waals surface area contributed by atoms with Gasteiger partial charge >= 0.3 is 0 Å². The lowest BCUT2D eigenvalue weighted by Crippen LogP contribution is -2.52. The van der Waals surface area contributed by atoms with E-state index < -0.39 is 16.1 Å². The first-order valence-electron chi connectivity index (χ1n) is 13.9. The predicted octanol–water partition coefficient (Wildman–Crippen LogP) is 5.86. The van der Waals surface area contributed by atoms with E-state index in [9.17, 15) is 18.0 Å². The van der Waals surface area contributed by atoms with Crippen molar-refractivity contribution >= 4 is 43.5 Å². The molecular formula is C32H40BrN3O4S. The average Bonchev–Trinajstić information content (AvgIpc) is 2.93. The zero-order valence-electron chi connectivity index (χ0n) is 24.2. The molecule has 0 spiro atoms. The minimum absolute atomic E-state index is 0.0403. The van der Waals surface area contributed by atoms with Gasteiger partial charge in [0.15, 0.2) is 0 Å². The highest BCUT2D eigenvalue weighted by atomic mass is 79.9. The van der Waals surface area contributed by atoms with Crippen molar-refractivity contribution in [2.24, 2.45) is 0 Å². The van der Waals surface area contributed by atoms with Gasteiger partial charge in [0.05, 0.1) is 11.9 Å². The van der Waals surface area contributed by atoms with Gasteiger partial charge in [-0.1, -0.05) is 83.0 Å². The third-order valence-corrected chi connectivity index (χ3v) is 8.68. The molecule has 3 aromatic rings. The highest BCUT2D eigenvalue weighted by molar-refractivity contribution is 9.10. The molecule has 0 saturated heterocycles. The molecule has 0 aliphatic heterocycles. The van der Waals surface area contributed by atoms with Gasteiger partial charge in [0.25, 0.3) is 0 Å². The van der Waals surface area contributed by atoms with Crippen molar-refractivity contribution in [3.05, 3.63) is 100 Å². The van der Waals surface area contributed by atoms with Gasteiger partial charge < -0.3 is 10.2 Å². The monoisotopic (exact) mass is 641 g/mol. The molecule has 0 aromatic heterocycles. The number of halogens is 1. The van der Waals surface area contributed by atoms with E-state index in [1.807, 2.05) is 87.5 Å². The molecule has 2 atom stereocenters. The van der Waals surface area contributed by atoms with E-state index in [0.29, 0.717) is 18.5 Å². The van der Waals surface area contributed by atoms with Crippen LogP contribution in [-0.2, 0) is 32.6 Å². The van der Waals surface area contributed by atoms with Gasteiger partial charge in [-0.15, -0.1) is 0 Å². The number of carbonyl (C=O) groups is 2. The summed E-state index contributed by atoms with van der Waals surface area (Å²) in [6.45, 7) is 6.29. The summed E-state index contributed by atoms with van der Waals surface area (Å²) in [7, 11) is -3.55. The van der Waals surface area contributed by atoms with E-state index in [4.69, 9.17) is 0 Å². The van der Waals surface area contributed by atoms with Gasteiger partial charge in [0.1, 0.15) is 6.04 Å². The van der Waals surface area contributed by atoms with Crippen LogP contribution < -0.4 is 9.62 Å².